The number of anilines is 1. The fraction of sp³-hybridized carbons (Fsp3) is 0.148. The quantitative estimate of drug-likeness (QED) is 0.360. The number of methoxy groups -OCH3 is 1. The Hall–Kier alpha value is -3.75. The number of hydrogen-bond donors (Lipinski definition) is 1. The van der Waals surface area contributed by atoms with Crippen molar-refractivity contribution < 1.29 is 17.9 Å². The lowest BCUT2D eigenvalue weighted by atomic mass is 9.92. The molecule has 0 aliphatic heterocycles. The molecule has 1 N–H and O–H groups in total. The zero-order chi connectivity index (χ0) is 24.8. The molecule has 1 heterocycles. The molecule has 8 heteroatoms. The van der Waals surface area contributed by atoms with Crippen molar-refractivity contribution in [3.05, 3.63) is 101 Å². The van der Waals surface area contributed by atoms with Gasteiger partial charge in [-0.05, 0) is 54.8 Å². The van der Waals surface area contributed by atoms with E-state index in [2.05, 4.69) is 16.4 Å². The molecule has 0 saturated heterocycles. The number of aryl methyl sites for hydroxylation is 1. The Morgan fingerprint density at radius 2 is 2.00 bits per heavy atom. The van der Waals surface area contributed by atoms with E-state index in [0.717, 1.165) is 33.7 Å². The van der Waals surface area contributed by atoms with Crippen LogP contribution < -0.4 is 10.1 Å². The minimum atomic E-state index is -2.40. The third-order valence-electron chi connectivity index (χ3n) is 5.43. The molecule has 1 aliphatic rings. The highest BCUT2D eigenvalue weighted by Crippen LogP contribution is 2.26. The number of allylic oxidation sites excluding steroid dienone is 5. The first-order valence-corrected chi connectivity index (χ1v) is 12.9. The Balaban J connectivity index is 1.40. The molecule has 2 aromatic carbocycles. The van der Waals surface area contributed by atoms with Crippen LogP contribution in [0.15, 0.2) is 89.9 Å². The molecule has 6 nitrogen and oxygen atoms in total. The first kappa shape index (κ1) is 24.4. The topological polar surface area (TPSA) is 85.4 Å². The predicted octanol–water partition coefficient (Wildman–Crippen LogP) is 5.03. The summed E-state index contributed by atoms with van der Waals surface area (Å²) in [6.07, 6.45) is 8.94. The van der Waals surface area contributed by atoms with Crippen LogP contribution in [0.1, 0.15) is 11.1 Å². The van der Waals surface area contributed by atoms with Crippen LogP contribution in [0.3, 0.4) is 0 Å². The van der Waals surface area contributed by atoms with E-state index in [1.54, 1.807) is 25.3 Å². The van der Waals surface area contributed by atoms with E-state index in [1.165, 1.54) is 17.4 Å². The van der Waals surface area contributed by atoms with Gasteiger partial charge in [-0.1, -0.05) is 48.1 Å². The Labute approximate surface area is 209 Å². The normalized spacial score (nSPS) is 15.2. The molecule has 1 aliphatic carbocycles. The molecule has 1 unspecified atom stereocenters. The van der Waals surface area contributed by atoms with E-state index in [0.29, 0.717) is 11.6 Å². The summed E-state index contributed by atoms with van der Waals surface area (Å²) in [4.78, 5) is 17.1. The molecule has 3 aromatic rings. The summed E-state index contributed by atoms with van der Waals surface area (Å²) in [5.41, 5.74) is 4.83. The number of aromatic nitrogens is 1. The van der Waals surface area contributed by atoms with E-state index in [9.17, 15) is 13.2 Å². The number of thiazole rings is 1. The molecule has 35 heavy (non-hydrogen) atoms. The van der Waals surface area contributed by atoms with Crippen molar-refractivity contribution in [2.24, 2.45) is 5.92 Å². The highest BCUT2D eigenvalue weighted by molar-refractivity contribution is 7.73. The zero-order valence-electron chi connectivity index (χ0n) is 19.3. The molecule has 0 saturated carbocycles. The van der Waals surface area contributed by atoms with Gasteiger partial charge in [0, 0.05) is 22.9 Å². The van der Waals surface area contributed by atoms with Crippen LogP contribution in [-0.2, 0) is 21.5 Å². The van der Waals surface area contributed by atoms with E-state index in [1.807, 2.05) is 60.8 Å². The summed E-state index contributed by atoms with van der Waals surface area (Å²) < 4.78 is 28.9. The van der Waals surface area contributed by atoms with E-state index >= 15 is 0 Å². The second-order valence-corrected chi connectivity index (χ2v) is 9.82. The van der Waals surface area contributed by atoms with Gasteiger partial charge in [0.05, 0.1) is 17.7 Å². The minimum Gasteiger partial charge on any atom is -0.497 e. The molecule has 0 fully saturated rings. The average Bonchev–Trinajstić information content (AvgIpc) is 3.31. The van der Waals surface area contributed by atoms with Crippen LogP contribution in [0.2, 0.25) is 0 Å². The number of carbonyl (C=O) groups excluding carboxylic acids is 1. The van der Waals surface area contributed by atoms with E-state index < -0.39 is 16.2 Å². The van der Waals surface area contributed by atoms with Gasteiger partial charge in [0.15, 0.2) is 5.13 Å². The molecule has 0 radical (unpaired) electrons. The molecule has 4 rings (SSSR count). The minimum absolute atomic E-state index is 0.232. The Kier molecular flexibility index (Phi) is 7.74. The molecule has 178 valence electrons. The number of rotatable bonds is 7. The fourth-order valence-corrected chi connectivity index (χ4v) is 5.05. The van der Waals surface area contributed by atoms with Gasteiger partial charge in [0.2, 0.25) is 16.2 Å². The number of hydrogen-bond acceptors (Lipinski definition) is 6. The molecular formula is C27H24N2O4S2. The van der Waals surface area contributed by atoms with Gasteiger partial charge >= 0.3 is 0 Å². The highest BCUT2D eigenvalue weighted by Gasteiger charge is 2.16. The summed E-state index contributed by atoms with van der Waals surface area (Å²) >= 11 is 1.32. The molecular weight excluding hydrogens is 480 g/mol. The van der Waals surface area contributed by atoms with Crippen LogP contribution in [0.5, 0.6) is 5.75 Å². The lowest BCUT2D eigenvalue weighted by molar-refractivity contribution is -0.111. The summed E-state index contributed by atoms with van der Waals surface area (Å²) in [6.45, 7) is 2.02. The van der Waals surface area contributed by atoms with Gasteiger partial charge in [-0.15, -0.1) is 11.3 Å². The van der Waals surface area contributed by atoms with Crippen molar-refractivity contribution in [2.75, 3.05) is 12.4 Å². The Morgan fingerprint density at radius 3 is 2.71 bits per heavy atom. The van der Waals surface area contributed by atoms with Crippen molar-refractivity contribution in [3.8, 4) is 17.0 Å². The first-order chi connectivity index (χ1) is 16.9. The van der Waals surface area contributed by atoms with Crippen LogP contribution in [0.4, 0.5) is 5.13 Å². The van der Waals surface area contributed by atoms with Crippen LogP contribution in [-0.4, -0.2) is 31.3 Å². The van der Waals surface area contributed by atoms with Crippen LogP contribution in [0, 0.1) is 12.8 Å². The van der Waals surface area contributed by atoms with Gasteiger partial charge in [-0.25, -0.2) is 4.98 Å². The third-order valence-corrected chi connectivity index (χ3v) is 6.96. The fourth-order valence-electron chi connectivity index (χ4n) is 3.70. The maximum atomic E-state index is 12.4. The first-order valence-electron chi connectivity index (χ1n) is 10.9. The second-order valence-electron chi connectivity index (χ2n) is 8.02. The molecule has 1 aromatic heterocycles. The number of ether oxygens (including phenoxy) is 1. The van der Waals surface area contributed by atoms with Crippen molar-refractivity contribution in [1.82, 2.24) is 4.98 Å². The SMILES string of the molecule is COc1ccc(-c2csc(NC(=O)C=CC3C=CC(Cc4cccc(C)c4)=CC3=S(=O)=O)n2)cc1. The van der Waals surface area contributed by atoms with Gasteiger partial charge in [0.25, 0.3) is 0 Å². The number of amides is 1. The summed E-state index contributed by atoms with van der Waals surface area (Å²) in [7, 11) is -0.792. The van der Waals surface area contributed by atoms with Crippen LogP contribution in [0.25, 0.3) is 11.3 Å². The maximum Gasteiger partial charge on any atom is 0.249 e. The van der Waals surface area contributed by atoms with E-state index in [-0.39, 0.29) is 10.8 Å². The summed E-state index contributed by atoms with van der Waals surface area (Å²) in [6, 6.07) is 15.6. The Morgan fingerprint density at radius 1 is 1.20 bits per heavy atom. The largest absolute Gasteiger partial charge is 0.497 e. The summed E-state index contributed by atoms with van der Waals surface area (Å²) in [5.74, 6) is -0.127. The maximum absolute atomic E-state index is 12.4. The van der Waals surface area contributed by atoms with Crippen molar-refractivity contribution >= 4 is 37.5 Å². The lowest BCUT2D eigenvalue weighted by Crippen LogP contribution is -2.15. The van der Waals surface area contributed by atoms with Gasteiger partial charge < -0.3 is 4.74 Å². The van der Waals surface area contributed by atoms with Crippen molar-refractivity contribution in [2.45, 2.75) is 13.3 Å². The van der Waals surface area contributed by atoms with Gasteiger partial charge in [0.1, 0.15) is 5.75 Å². The predicted molar refractivity (Wildman–Crippen MR) is 141 cm³/mol. The van der Waals surface area contributed by atoms with Crippen molar-refractivity contribution in [3.63, 3.8) is 0 Å². The highest BCUT2D eigenvalue weighted by atomic mass is 32.2. The third kappa shape index (κ3) is 6.44. The number of benzene rings is 2. The molecule has 0 bridgehead atoms. The molecule has 1 amide bonds. The van der Waals surface area contributed by atoms with Crippen molar-refractivity contribution in [1.29, 1.82) is 0 Å². The number of nitrogens with one attached hydrogen (secondary N) is 1. The smallest absolute Gasteiger partial charge is 0.249 e. The Bertz CT molecular complexity index is 1450. The standard InChI is InChI=1S/C27H24N2O4S2/c1-18-4-3-5-19(14-18)15-20-6-7-22(25(16-20)35(31)32)10-13-26(30)29-27-28-24(17-34-27)21-8-11-23(33-2)12-9-21/h3-14,16-17,22H,15H2,1-2H3,(H,28,29,30). The number of carbonyl (C=O) groups is 1. The molecule has 0 spiro atoms. The lowest BCUT2D eigenvalue weighted by Gasteiger charge is -2.14. The molecule has 1 atom stereocenters. The van der Waals surface area contributed by atoms with E-state index in [4.69, 9.17) is 4.74 Å². The average molecular weight is 505 g/mol. The zero-order valence-corrected chi connectivity index (χ0v) is 20.9. The monoisotopic (exact) mass is 504 g/mol. The second kappa shape index (κ2) is 11.1. The number of nitrogens with zero attached hydrogens (tertiary/aromatic N) is 1. The summed E-state index contributed by atoms with van der Waals surface area (Å²) in [5, 5.41) is 5.06. The van der Waals surface area contributed by atoms with Gasteiger partial charge in [-0.3, -0.25) is 10.1 Å². The van der Waals surface area contributed by atoms with Gasteiger partial charge in [-0.2, -0.15) is 8.42 Å². The van der Waals surface area contributed by atoms with Crippen LogP contribution >= 0.6 is 11.3 Å².